The Hall–Kier alpha value is -1.20. The summed E-state index contributed by atoms with van der Waals surface area (Å²) in [5.74, 6) is 0. The Morgan fingerprint density at radius 3 is 2.31 bits per heavy atom. The molecule has 0 fully saturated rings. The van der Waals surface area contributed by atoms with Crippen LogP contribution >= 0.6 is 0 Å². The Bertz CT molecular complexity index is 303. The van der Waals surface area contributed by atoms with E-state index in [2.05, 4.69) is 0 Å². The summed E-state index contributed by atoms with van der Waals surface area (Å²) in [4.78, 5) is 1.45. The van der Waals surface area contributed by atoms with Gasteiger partial charge in [-0.05, 0) is 17.7 Å². The summed E-state index contributed by atoms with van der Waals surface area (Å²) in [5, 5.41) is 8.81. The Kier molecular flexibility index (Phi) is 5.14. The molecule has 0 saturated carbocycles. The molecular weight excluding hydrogens is 214 g/mol. The summed E-state index contributed by atoms with van der Waals surface area (Å²) in [6, 6.07) is 7.07. The van der Waals surface area contributed by atoms with Gasteiger partial charge in [0.15, 0.2) is 0 Å². The number of halogens is 2. The molecule has 5 heteroatoms. The smallest absolute Gasteiger partial charge is 0.255 e. The van der Waals surface area contributed by atoms with Crippen molar-refractivity contribution in [3.05, 3.63) is 29.8 Å². The molecule has 3 nitrogen and oxygen atoms in total. The third-order valence-corrected chi connectivity index (χ3v) is 2.27. The van der Waals surface area contributed by atoms with E-state index in [1.165, 1.54) is 4.90 Å². The molecule has 90 valence electrons. The van der Waals surface area contributed by atoms with E-state index < -0.39 is 6.43 Å². The van der Waals surface area contributed by atoms with Gasteiger partial charge in [0.25, 0.3) is 6.43 Å². The van der Waals surface area contributed by atoms with Crippen molar-refractivity contribution in [1.82, 2.24) is 0 Å². The molecule has 0 radical (unpaired) electrons. The second-order valence-corrected chi connectivity index (χ2v) is 3.43. The van der Waals surface area contributed by atoms with Crippen molar-refractivity contribution in [2.24, 2.45) is 5.73 Å². The molecular formula is C11H16F2N2O. The molecule has 0 aliphatic rings. The zero-order valence-corrected chi connectivity index (χ0v) is 8.94. The van der Waals surface area contributed by atoms with Gasteiger partial charge in [0, 0.05) is 18.8 Å². The van der Waals surface area contributed by atoms with E-state index in [-0.39, 0.29) is 19.7 Å². The summed E-state index contributed by atoms with van der Waals surface area (Å²) in [6.45, 7) is 0.106. The number of nitrogens with zero attached hydrogens (tertiary/aromatic N) is 1. The molecule has 0 unspecified atom stereocenters. The average molecular weight is 230 g/mol. The topological polar surface area (TPSA) is 49.5 Å². The van der Waals surface area contributed by atoms with Gasteiger partial charge in [-0.3, -0.25) is 0 Å². The highest BCUT2D eigenvalue weighted by Gasteiger charge is 2.11. The van der Waals surface area contributed by atoms with E-state index in [1.54, 1.807) is 24.3 Å². The summed E-state index contributed by atoms with van der Waals surface area (Å²) in [5.41, 5.74) is 7.06. The lowest BCUT2D eigenvalue weighted by atomic mass is 10.2. The normalized spacial score (nSPS) is 10.8. The number of nitrogens with two attached hydrogens (primary N) is 1. The van der Waals surface area contributed by atoms with Gasteiger partial charge in [-0.25, -0.2) is 8.78 Å². The fourth-order valence-corrected chi connectivity index (χ4v) is 1.46. The minimum Gasteiger partial charge on any atom is -0.395 e. The van der Waals surface area contributed by atoms with Gasteiger partial charge in [-0.1, -0.05) is 12.1 Å². The van der Waals surface area contributed by atoms with Crippen LogP contribution in [0.15, 0.2) is 24.3 Å². The van der Waals surface area contributed by atoms with E-state index in [4.69, 9.17) is 10.8 Å². The van der Waals surface area contributed by atoms with Crippen LogP contribution in [-0.4, -0.2) is 31.2 Å². The molecule has 0 heterocycles. The first-order valence-electron chi connectivity index (χ1n) is 5.10. The van der Waals surface area contributed by atoms with Crippen LogP contribution in [0.2, 0.25) is 0 Å². The number of hydrogen-bond acceptors (Lipinski definition) is 3. The third kappa shape index (κ3) is 3.75. The van der Waals surface area contributed by atoms with Crippen LogP contribution < -0.4 is 10.6 Å². The van der Waals surface area contributed by atoms with Gasteiger partial charge >= 0.3 is 0 Å². The van der Waals surface area contributed by atoms with Crippen LogP contribution in [0.1, 0.15) is 5.56 Å². The molecule has 0 spiro atoms. The largest absolute Gasteiger partial charge is 0.395 e. The van der Waals surface area contributed by atoms with Crippen LogP contribution in [0.4, 0.5) is 14.5 Å². The van der Waals surface area contributed by atoms with Gasteiger partial charge < -0.3 is 15.7 Å². The lowest BCUT2D eigenvalue weighted by Gasteiger charge is -2.23. The van der Waals surface area contributed by atoms with Crippen LogP contribution in [-0.2, 0) is 6.54 Å². The van der Waals surface area contributed by atoms with E-state index in [9.17, 15) is 8.78 Å². The Balaban J connectivity index is 2.75. The number of hydrogen-bond donors (Lipinski definition) is 2. The van der Waals surface area contributed by atoms with Gasteiger partial charge in [-0.15, -0.1) is 0 Å². The SMILES string of the molecule is NCc1ccc(N(CCO)CC(F)F)cc1. The van der Waals surface area contributed by atoms with Crippen molar-refractivity contribution >= 4 is 5.69 Å². The second kappa shape index (κ2) is 6.40. The maximum Gasteiger partial charge on any atom is 0.255 e. The lowest BCUT2D eigenvalue weighted by Crippen LogP contribution is -2.31. The molecule has 1 aromatic rings. The molecule has 0 aliphatic heterocycles. The standard InChI is InChI=1S/C11H16F2N2O/c12-11(13)8-15(5-6-16)10-3-1-9(7-14)2-4-10/h1-4,11,16H,5-8,14H2. The molecule has 0 saturated heterocycles. The molecule has 0 bridgehead atoms. The number of rotatable bonds is 6. The molecule has 0 atom stereocenters. The van der Waals surface area contributed by atoms with Crippen molar-refractivity contribution < 1.29 is 13.9 Å². The molecule has 3 N–H and O–H groups in total. The molecule has 0 aliphatic carbocycles. The van der Waals surface area contributed by atoms with E-state index in [0.29, 0.717) is 12.2 Å². The zero-order valence-electron chi connectivity index (χ0n) is 8.94. The van der Waals surface area contributed by atoms with E-state index in [1.807, 2.05) is 0 Å². The minimum atomic E-state index is -2.42. The first kappa shape index (κ1) is 12.9. The number of aliphatic hydroxyl groups is 1. The maximum absolute atomic E-state index is 12.3. The highest BCUT2D eigenvalue weighted by atomic mass is 19.3. The minimum absolute atomic E-state index is 0.147. The Labute approximate surface area is 93.5 Å². The van der Waals surface area contributed by atoms with Crippen LogP contribution in [0.25, 0.3) is 0 Å². The number of alkyl halides is 2. The van der Waals surface area contributed by atoms with Crippen LogP contribution in [0.5, 0.6) is 0 Å². The van der Waals surface area contributed by atoms with Gasteiger partial charge in [0.2, 0.25) is 0 Å². The Morgan fingerprint density at radius 1 is 1.25 bits per heavy atom. The fourth-order valence-electron chi connectivity index (χ4n) is 1.46. The van der Waals surface area contributed by atoms with Gasteiger partial charge in [-0.2, -0.15) is 0 Å². The second-order valence-electron chi connectivity index (χ2n) is 3.43. The highest BCUT2D eigenvalue weighted by molar-refractivity contribution is 5.47. The zero-order chi connectivity index (χ0) is 12.0. The summed E-state index contributed by atoms with van der Waals surface area (Å²) in [6.07, 6.45) is -2.42. The third-order valence-electron chi connectivity index (χ3n) is 2.27. The van der Waals surface area contributed by atoms with E-state index >= 15 is 0 Å². The molecule has 1 rings (SSSR count). The number of anilines is 1. The average Bonchev–Trinajstić information content (AvgIpc) is 2.28. The van der Waals surface area contributed by atoms with Crippen molar-refractivity contribution in [2.45, 2.75) is 13.0 Å². The van der Waals surface area contributed by atoms with Crippen molar-refractivity contribution in [3.8, 4) is 0 Å². The molecule has 0 aromatic heterocycles. The first-order valence-corrected chi connectivity index (χ1v) is 5.10. The molecule has 16 heavy (non-hydrogen) atoms. The quantitative estimate of drug-likeness (QED) is 0.772. The van der Waals surface area contributed by atoms with Crippen molar-refractivity contribution in [3.63, 3.8) is 0 Å². The monoisotopic (exact) mass is 230 g/mol. The van der Waals surface area contributed by atoms with Gasteiger partial charge in [0.05, 0.1) is 13.2 Å². The van der Waals surface area contributed by atoms with Crippen LogP contribution in [0.3, 0.4) is 0 Å². The number of benzene rings is 1. The van der Waals surface area contributed by atoms with Crippen molar-refractivity contribution in [2.75, 3.05) is 24.6 Å². The molecule has 1 aromatic carbocycles. The highest BCUT2D eigenvalue weighted by Crippen LogP contribution is 2.16. The van der Waals surface area contributed by atoms with Crippen LogP contribution in [0, 0.1) is 0 Å². The Morgan fingerprint density at radius 2 is 1.88 bits per heavy atom. The summed E-state index contributed by atoms with van der Waals surface area (Å²) >= 11 is 0. The number of aliphatic hydroxyl groups excluding tert-OH is 1. The van der Waals surface area contributed by atoms with Crippen molar-refractivity contribution in [1.29, 1.82) is 0 Å². The van der Waals surface area contributed by atoms with E-state index in [0.717, 1.165) is 5.56 Å². The predicted octanol–water partition coefficient (Wildman–Crippen LogP) is 1.21. The first-order chi connectivity index (χ1) is 7.67. The summed E-state index contributed by atoms with van der Waals surface area (Å²) < 4.78 is 24.6. The predicted molar refractivity (Wildman–Crippen MR) is 59.6 cm³/mol. The van der Waals surface area contributed by atoms with Gasteiger partial charge in [0.1, 0.15) is 0 Å². The fraction of sp³-hybridized carbons (Fsp3) is 0.455. The maximum atomic E-state index is 12.3. The molecule has 0 amide bonds. The summed E-state index contributed by atoms with van der Waals surface area (Å²) in [7, 11) is 0. The lowest BCUT2D eigenvalue weighted by molar-refractivity contribution is 0.153.